The van der Waals surface area contributed by atoms with Crippen LogP contribution in [0.1, 0.15) is 31.4 Å². The number of carbonyl (C=O) groups excluding carboxylic acids is 2. The highest BCUT2D eigenvalue weighted by atomic mass is 32.2. The fourth-order valence-electron chi connectivity index (χ4n) is 4.02. The molecule has 0 aliphatic carbocycles. The largest absolute Gasteiger partial charge is 0.352 e. The molecule has 3 aromatic rings. The number of hydrogen-bond donors (Lipinski definition) is 1. The smallest absolute Gasteiger partial charge is 0.244 e. The molecule has 0 fully saturated rings. The number of amides is 2. The maximum atomic E-state index is 14.0. The summed E-state index contributed by atoms with van der Waals surface area (Å²) in [5.74, 6) is -1.53. The highest BCUT2D eigenvalue weighted by Gasteiger charge is 2.33. The molecule has 3 aromatic carbocycles. The van der Waals surface area contributed by atoms with Crippen molar-refractivity contribution in [3.05, 3.63) is 102 Å². The second-order valence-corrected chi connectivity index (χ2v) is 11.2. The zero-order chi connectivity index (χ0) is 27.7. The van der Waals surface area contributed by atoms with Gasteiger partial charge < -0.3 is 10.2 Å². The summed E-state index contributed by atoms with van der Waals surface area (Å²) in [6.07, 6.45) is 1.90. The topological polar surface area (TPSA) is 86.8 Å². The quantitative estimate of drug-likeness (QED) is 0.375. The number of benzene rings is 3. The lowest BCUT2D eigenvalue weighted by molar-refractivity contribution is -0.140. The van der Waals surface area contributed by atoms with Crippen molar-refractivity contribution >= 4 is 27.5 Å². The summed E-state index contributed by atoms with van der Waals surface area (Å²) < 4.78 is 40.2. The van der Waals surface area contributed by atoms with Crippen LogP contribution in [-0.2, 0) is 32.6 Å². The standard InChI is InChI=1S/C29H34FN3O4S/c1-4-22(2)31-29(35)27(18-23-12-7-5-8-13-23)32(20-24-14-9-6-10-15-24)28(34)21-33(38(3,36)37)26-17-11-16-25(30)19-26/h5-17,19,22,27H,4,18,20-21H2,1-3H3,(H,31,35)/t22-,27-/m0/s1. The average molecular weight is 540 g/mol. The van der Waals surface area contributed by atoms with E-state index in [1.807, 2.05) is 74.5 Å². The van der Waals surface area contributed by atoms with Gasteiger partial charge in [0.1, 0.15) is 18.4 Å². The van der Waals surface area contributed by atoms with Crippen molar-refractivity contribution < 1.29 is 22.4 Å². The predicted molar refractivity (Wildman–Crippen MR) is 147 cm³/mol. The third-order valence-corrected chi connectivity index (χ3v) is 7.38. The van der Waals surface area contributed by atoms with Gasteiger partial charge in [0.2, 0.25) is 21.8 Å². The minimum absolute atomic E-state index is 0.0316. The molecule has 2 atom stereocenters. The van der Waals surface area contributed by atoms with Crippen molar-refractivity contribution in [2.75, 3.05) is 17.1 Å². The van der Waals surface area contributed by atoms with Crippen molar-refractivity contribution in [1.29, 1.82) is 0 Å². The molecule has 2 amide bonds. The van der Waals surface area contributed by atoms with E-state index in [0.717, 1.165) is 27.8 Å². The molecule has 7 nitrogen and oxygen atoms in total. The van der Waals surface area contributed by atoms with Crippen LogP contribution < -0.4 is 9.62 Å². The molecule has 9 heteroatoms. The number of anilines is 1. The van der Waals surface area contributed by atoms with Gasteiger partial charge in [0.15, 0.2) is 0 Å². The van der Waals surface area contributed by atoms with E-state index in [9.17, 15) is 22.4 Å². The molecule has 0 aliphatic rings. The number of nitrogens with zero attached hydrogens (tertiary/aromatic N) is 2. The predicted octanol–water partition coefficient (Wildman–Crippen LogP) is 4.15. The summed E-state index contributed by atoms with van der Waals surface area (Å²) in [4.78, 5) is 28.9. The normalized spacial score (nSPS) is 12.8. The van der Waals surface area contributed by atoms with Crippen LogP contribution in [-0.4, -0.2) is 50.0 Å². The van der Waals surface area contributed by atoms with Gasteiger partial charge >= 0.3 is 0 Å². The van der Waals surface area contributed by atoms with Gasteiger partial charge in [-0.15, -0.1) is 0 Å². The summed E-state index contributed by atoms with van der Waals surface area (Å²) >= 11 is 0. The minimum atomic E-state index is -3.95. The Bertz CT molecular complexity index is 1320. The number of nitrogens with one attached hydrogen (secondary N) is 1. The Morgan fingerprint density at radius 3 is 2.08 bits per heavy atom. The van der Waals surface area contributed by atoms with Crippen molar-refractivity contribution in [2.45, 2.75) is 45.3 Å². The van der Waals surface area contributed by atoms with Crippen LogP contribution in [0.4, 0.5) is 10.1 Å². The van der Waals surface area contributed by atoms with Gasteiger partial charge in [0.05, 0.1) is 11.9 Å². The maximum absolute atomic E-state index is 14.0. The number of carbonyl (C=O) groups is 2. The van der Waals surface area contributed by atoms with E-state index < -0.39 is 34.3 Å². The monoisotopic (exact) mass is 539 g/mol. The Kier molecular flexibility index (Phi) is 10.0. The first-order chi connectivity index (χ1) is 18.1. The molecule has 0 saturated heterocycles. The van der Waals surface area contributed by atoms with Gasteiger partial charge in [0, 0.05) is 19.0 Å². The lowest BCUT2D eigenvalue weighted by Gasteiger charge is -2.34. The van der Waals surface area contributed by atoms with Crippen molar-refractivity contribution in [3.8, 4) is 0 Å². The number of sulfonamides is 1. The van der Waals surface area contributed by atoms with Gasteiger partial charge in [-0.2, -0.15) is 0 Å². The van der Waals surface area contributed by atoms with Gasteiger partial charge in [-0.3, -0.25) is 13.9 Å². The molecular formula is C29H34FN3O4S. The van der Waals surface area contributed by atoms with E-state index in [4.69, 9.17) is 0 Å². The SMILES string of the molecule is CC[C@H](C)NC(=O)[C@H](Cc1ccccc1)N(Cc1ccccc1)C(=O)CN(c1cccc(F)c1)S(C)(=O)=O. The van der Waals surface area contributed by atoms with Crippen LogP contribution in [0.15, 0.2) is 84.9 Å². The molecule has 0 aliphatic heterocycles. The van der Waals surface area contributed by atoms with Crippen LogP contribution in [0, 0.1) is 5.82 Å². The second kappa shape index (κ2) is 13.2. The second-order valence-electron chi connectivity index (χ2n) is 9.28. The van der Waals surface area contributed by atoms with Crippen LogP contribution in [0.25, 0.3) is 0 Å². The van der Waals surface area contributed by atoms with E-state index in [0.29, 0.717) is 6.42 Å². The van der Waals surface area contributed by atoms with E-state index in [1.165, 1.54) is 23.1 Å². The first-order valence-electron chi connectivity index (χ1n) is 12.5. The molecule has 0 heterocycles. The molecule has 0 radical (unpaired) electrons. The first-order valence-corrected chi connectivity index (χ1v) is 14.3. The summed E-state index contributed by atoms with van der Waals surface area (Å²) in [7, 11) is -3.95. The minimum Gasteiger partial charge on any atom is -0.352 e. The third kappa shape index (κ3) is 8.14. The molecule has 202 valence electrons. The zero-order valence-electron chi connectivity index (χ0n) is 21.9. The first kappa shape index (κ1) is 28.8. The Labute approximate surface area is 224 Å². The van der Waals surface area contributed by atoms with E-state index >= 15 is 0 Å². The summed E-state index contributed by atoms with van der Waals surface area (Å²) in [6.45, 7) is 3.34. The van der Waals surface area contributed by atoms with E-state index in [1.54, 1.807) is 0 Å². The molecule has 1 N–H and O–H groups in total. The van der Waals surface area contributed by atoms with E-state index in [2.05, 4.69) is 5.32 Å². The van der Waals surface area contributed by atoms with Crippen LogP contribution in [0.3, 0.4) is 0 Å². The third-order valence-electron chi connectivity index (χ3n) is 6.24. The highest BCUT2D eigenvalue weighted by molar-refractivity contribution is 7.92. The summed E-state index contributed by atoms with van der Waals surface area (Å²) in [5, 5.41) is 2.98. The number of hydrogen-bond acceptors (Lipinski definition) is 4. The van der Waals surface area contributed by atoms with Crippen LogP contribution in [0.5, 0.6) is 0 Å². The van der Waals surface area contributed by atoms with Gasteiger partial charge in [-0.25, -0.2) is 12.8 Å². The molecule has 0 aromatic heterocycles. The molecule has 3 rings (SSSR count). The van der Waals surface area contributed by atoms with Gasteiger partial charge in [-0.05, 0) is 42.7 Å². The fraction of sp³-hybridized carbons (Fsp3) is 0.310. The van der Waals surface area contributed by atoms with Gasteiger partial charge in [-0.1, -0.05) is 73.7 Å². The number of halogens is 1. The molecule has 0 bridgehead atoms. The van der Waals surface area contributed by atoms with Crippen LogP contribution in [0.2, 0.25) is 0 Å². The maximum Gasteiger partial charge on any atom is 0.244 e. The highest BCUT2D eigenvalue weighted by Crippen LogP contribution is 2.21. The Hall–Kier alpha value is -3.72. The molecule has 0 unspecified atom stereocenters. The van der Waals surface area contributed by atoms with E-state index in [-0.39, 0.29) is 30.6 Å². The fourth-order valence-corrected chi connectivity index (χ4v) is 4.86. The molecular weight excluding hydrogens is 505 g/mol. The van der Waals surface area contributed by atoms with Crippen LogP contribution >= 0.6 is 0 Å². The zero-order valence-corrected chi connectivity index (χ0v) is 22.7. The molecule has 38 heavy (non-hydrogen) atoms. The Balaban J connectivity index is 2.04. The Morgan fingerprint density at radius 2 is 1.53 bits per heavy atom. The lowest BCUT2D eigenvalue weighted by Crippen LogP contribution is -2.54. The van der Waals surface area contributed by atoms with Crippen molar-refractivity contribution in [1.82, 2.24) is 10.2 Å². The van der Waals surface area contributed by atoms with Crippen molar-refractivity contribution in [3.63, 3.8) is 0 Å². The molecule has 0 saturated carbocycles. The number of rotatable bonds is 12. The molecule has 0 spiro atoms. The average Bonchev–Trinajstić information content (AvgIpc) is 2.89. The Morgan fingerprint density at radius 1 is 0.921 bits per heavy atom. The lowest BCUT2D eigenvalue weighted by atomic mass is 10.0. The summed E-state index contributed by atoms with van der Waals surface area (Å²) in [5.41, 5.74) is 1.67. The van der Waals surface area contributed by atoms with Crippen molar-refractivity contribution in [2.24, 2.45) is 0 Å². The summed E-state index contributed by atoms with van der Waals surface area (Å²) in [6, 6.07) is 22.6. The van der Waals surface area contributed by atoms with Gasteiger partial charge in [0.25, 0.3) is 0 Å².